The van der Waals surface area contributed by atoms with Gasteiger partial charge in [0.25, 0.3) is 10.1 Å². The van der Waals surface area contributed by atoms with Gasteiger partial charge in [-0.05, 0) is 36.5 Å². The van der Waals surface area contributed by atoms with Gasteiger partial charge in [-0.1, -0.05) is 61.4 Å². The fraction of sp³-hybridized carbons (Fsp3) is 0.647. The van der Waals surface area contributed by atoms with Gasteiger partial charge >= 0.3 is 0 Å². The van der Waals surface area contributed by atoms with Crippen molar-refractivity contribution in [3.63, 3.8) is 0 Å². The maximum Gasteiger partial charge on any atom is 0.264 e. The Morgan fingerprint density at radius 1 is 1.22 bits per heavy atom. The molecule has 0 heterocycles. The molecule has 2 rings (SSSR count). The zero-order valence-corrected chi connectivity index (χ0v) is 15.8. The van der Waals surface area contributed by atoms with Crippen LogP contribution in [-0.4, -0.2) is 21.3 Å². The normalized spacial score (nSPS) is 18.0. The molecule has 0 N–H and O–H groups in total. The van der Waals surface area contributed by atoms with Crippen molar-refractivity contribution in [1.29, 1.82) is 0 Å². The summed E-state index contributed by atoms with van der Waals surface area (Å²) in [6, 6.07) is 5.37. The number of rotatable bonds is 7. The maximum atomic E-state index is 11.3. The van der Waals surface area contributed by atoms with Gasteiger partial charge in [0.2, 0.25) is 0 Å². The summed E-state index contributed by atoms with van der Waals surface area (Å²) in [5, 5.41) is 1.15. The Bertz CT molecular complexity index is 610. The maximum absolute atomic E-state index is 11.3. The molecule has 6 heteroatoms. The fourth-order valence-corrected chi connectivity index (χ4v) is 4.25. The summed E-state index contributed by atoms with van der Waals surface area (Å²) in [5.41, 5.74) is 0.913. The lowest BCUT2D eigenvalue weighted by Crippen LogP contribution is -2.15. The lowest BCUT2D eigenvalue weighted by Gasteiger charge is -2.24. The number of benzene rings is 1. The highest BCUT2D eigenvalue weighted by Crippen LogP contribution is 2.35. The third kappa shape index (κ3) is 6.61. The molecule has 130 valence electrons. The first-order valence-electron chi connectivity index (χ1n) is 8.14. The third-order valence-electron chi connectivity index (χ3n) is 4.53. The van der Waals surface area contributed by atoms with Crippen LogP contribution in [0, 0.1) is 5.92 Å². The van der Waals surface area contributed by atoms with Gasteiger partial charge in [0.1, 0.15) is 0 Å². The van der Waals surface area contributed by atoms with Crippen molar-refractivity contribution in [2.75, 3.05) is 12.9 Å². The van der Waals surface area contributed by atoms with Crippen LogP contribution < -0.4 is 0 Å². The Kier molecular flexibility index (Phi) is 7.20. The second-order valence-electron chi connectivity index (χ2n) is 6.43. The summed E-state index contributed by atoms with van der Waals surface area (Å²) in [6.07, 6.45) is 9.52. The molecular weight excluding hydrogens is 355 g/mol. The van der Waals surface area contributed by atoms with Crippen molar-refractivity contribution in [3.8, 4) is 0 Å². The van der Waals surface area contributed by atoms with Gasteiger partial charge in [0.05, 0.1) is 12.9 Å². The first-order valence-corrected chi connectivity index (χ1v) is 10.7. The minimum absolute atomic E-state index is 0.0311. The minimum Gasteiger partial charge on any atom is -0.270 e. The molecule has 1 aromatic rings. The van der Waals surface area contributed by atoms with Gasteiger partial charge < -0.3 is 0 Å². The highest BCUT2D eigenvalue weighted by Gasteiger charge is 2.21. The summed E-state index contributed by atoms with van der Waals surface area (Å²) in [7, 11) is -3.46. The van der Waals surface area contributed by atoms with Crippen LogP contribution in [0.25, 0.3) is 0 Å². The SMILES string of the molecule is CS(=O)(=O)OCC(CCC1CCCCC1)c1ccc(Cl)cc1Cl. The van der Waals surface area contributed by atoms with E-state index in [-0.39, 0.29) is 12.5 Å². The number of hydrogen-bond donors (Lipinski definition) is 0. The predicted molar refractivity (Wildman–Crippen MR) is 95.8 cm³/mol. The van der Waals surface area contributed by atoms with E-state index in [1.807, 2.05) is 6.07 Å². The third-order valence-corrected chi connectivity index (χ3v) is 5.66. The van der Waals surface area contributed by atoms with Gasteiger partial charge in [-0.25, -0.2) is 0 Å². The van der Waals surface area contributed by atoms with Gasteiger partial charge in [0, 0.05) is 16.0 Å². The van der Waals surface area contributed by atoms with Crippen molar-refractivity contribution in [2.24, 2.45) is 5.92 Å². The molecule has 1 saturated carbocycles. The Hall–Kier alpha value is -0.290. The molecule has 1 aromatic carbocycles. The molecular formula is C17H24Cl2O3S. The van der Waals surface area contributed by atoms with E-state index in [1.54, 1.807) is 12.1 Å². The lowest BCUT2D eigenvalue weighted by molar-refractivity contribution is 0.265. The molecule has 3 nitrogen and oxygen atoms in total. The van der Waals surface area contributed by atoms with Crippen LogP contribution in [0.2, 0.25) is 10.0 Å². The van der Waals surface area contributed by atoms with E-state index in [0.717, 1.165) is 30.6 Å². The zero-order chi connectivity index (χ0) is 16.9. The van der Waals surface area contributed by atoms with Crippen LogP contribution in [0.3, 0.4) is 0 Å². The van der Waals surface area contributed by atoms with Gasteiger partial charge in [-0.2, -0.15) is 8.42 Å². The van der Waals surface area contributed by atoms with Crippen molar-refractivity contribution < 1.29 is 12.6 Å². The van der Waals surface area contributed by atoms with E-state index < -0.39 is 10.1 Å². The van der Waals surface area contributed by atoms with E-state index in [0.29, 0.717) is 10.0 Å². The fourth-order valence-electron chi connectivity index (χ4n) is 3.28. The Balaban J connectivity index is 2.06. The monoisotopic (exact) mass is 378 g/mol. The lowest BCUT2D eigenvalue weighted by atomic mass is 9.83. The summed E-state index contributed by atoms with van der Waals surface area (Å²) < 4.78 is 27.7. The standard InChI is InChI=1S/C17H24Cl2O3S/c1-23(20,21)22-12-14(8-7-13-5-3-2-4-6-13)16-10-9-15(18)11-17(16)19/h9-11,13-14H,2-8,12H2,1H3. The van der Waals surface area contributed by atoms with E-state index >= 15 is 0 Å². The highest BCUT2D eigenvalue weighted by molar-refractivity contribution is 7.85. The first-order chi connectivity index (χ1) is 10.8. The molecule has 1 unspecified atom stereocenters. The topological polar surface area (TPSA) is 43.4 Å². The average molecular weight is 379 g/mol. The molecule has 0 radical (unpaired) electrons. The quantitative estimate of drug-likeness (QED) is 0.595. The molecule has 0 amide bonds. The van der Waals surface area contributed by atoms with Crippen LogP contribution in [0.1, 0.15) is 56.4 Å². The van der Waals surface area contributed by atoms with Crippen LogP contribution in [0.5, 0.6) is 0 Å². The predicted octanol–water partition coefficient (Wildman–Crippen LogP) is 5.41. The highest BCUT2D eigenvalue weighted by atomic mass is 35.5. The largest absolute Gasteiger partial charge is 0.270 e. The summed E-state index contributed by atoms with van der Waals surface area (Å²) >= 11 is 12.3. The zero-order valence-electron chi connectivity index (χ0n) is 13.4. The van der Waals surface area contributed by atoms with Gasteiger partial charge in [0.15, 0.2) is 0 Å². The van der Waals surface area contributed by atoms with E-state index in [9.17, 15) is 8.42 Å². The second-order valence-corrected chi connectivity index (χ2v) is 8.92. The van der Waals surface area contributed by atoms with Crippen LogP contribution in [-0.2, 0) is 14.3 Å². The van der Waals surface area contributed by atoms with Crippen LogP contribution in [0.15, 0.2) is 18.2 Å². The van der Waals surface area contributed by atoms with Crippen LogP contribution in [0.4, 0.5) is 0 Å². The average Bonchev–Trinajstić information content (AvgIpc) is 2.48. The second kappa shape index (κ2) is 8.70. The molecule has 0 bridgehead atoms. The van der Waals surface area contributed by atoms with Crippen molar-refractivity contribution in [1.82, 2.24) is 0 Å². The number of hydrogen-bond acceptors (Lipinski definition) is 3. The van der Waals surface area contributed by atoms with E-state index in [4.69, 9.17) is 27.4 Å². The molecule has 0 spiro atoms. The number of halogens is 2. The Morgan fingerprint density at radius 3 is 2.52 bits per heavy atom. The molecule has 0 saturated heterocycles. The summed E-state index contributed by atoms with van der Waals surface area (Å²) in [4.78, 5) is 0. The van der Waals surface area contributed by atoms with Crippen molar-refractivity contribution >= 4 is 33.3 Å². The molecule has 1 aliphatic rings. The molecule has 1 aliphatic carbocycles. The van der Waals surface area contributed by atoms with Crippen molar-refractivity contribution in [2.45, 2.75) is 50.9 Å². The minimum atomic E-state index is -3.46. The van der Waals surface area contributed by atoms with E-state index in [2.05, 4.69) is 0 Å². The van der Waals surface area contributed by atoms with Gasteiger partial charge in [-0.15, -0.1) is 0 Å². The molecule has 0 aromatic heterocycles. The first kappa shape index (κ1) is 19.0. The van der Waals surface area contributed by atoms with Crippen molar-refractivity contribution in [3.05, 3.63) is 33.8 Å². The summed E-state index contributed by atoms with van der Waals surface area (Å²) in [5.74, 6) is 0.701. The van der Waals surface area contributed by atoms with Gasteiger partial charge in [-0.3, -0.25) is 4.18 Å². The molecule has 23 heavy (non-hydrogen) atoms. The van der Waals surface area contributed by atoms with E-state index in [1.165, 1.54) is 32.1 Å². The molecule has 1 fully saturated rings. The summed E-state index contributed by atoms with van der Waals surface area (Å²) in [6.45, 7) is 0.132. The smallest absolute Gasteiger partial charge is 0.264 e. The Morgan fingerprint density at radius 2 is 1.91 bits per heavy atom. The molecule has 0 aliphatic heterocycles. The van der Waals surface area contributed by atoms with Crippen LogP contribution >= 0.6 is 23.2 Å². The molecule has 1 atom stereocenters. The Labute approximate surface area is 149 Å².